The second kappa shape index (κ2) is 8.14. The summed E-state index contributed by atoms with van der Waals surface area (Å²) in [6.07, 6.45) is 1.81. The first-order chi connectivity index (χ1) is 10.6. The number of anilines is 1. The molecule has 0 spiro atoms. The highest BCUT2D eigenvalue weighted by atomic mass is 32.1. The second-order valence-corrected chi connectivity index (χ2v) is 5.30. The Hall–Kier alpha value is -2.40. The van der Waals surface area contributed by atoms with Gasteiger partial charge in [0.05, 0.1) is 12.3 Å². The van der Waals surface area contributed by atoms with Crippen molar-refractivity contribution in [2.45, 2.75) is 20.0 Å². The molecule has 2 aromatic carbocycles. The molecule has 0 saturated carbocycles. The molecule has 0 bridgehead atoms. The van der Waals surface area contributed by atoms with E-state index in [-0.39, 0.29) is 6.10 Å². The molecular formula is C17H19N3OS. The summed E-state index contributed by atoms with van der Waals surface area (Å²) in [6.45, 7) is 3.98. The lowest BCUT2D eigenvalue weighted by Gasteiger charge is -2.11. The fraction of sp³-hybridized carbons (Fsp3) is 0.176. The number of nitrogens with one attached hydrogen (secondary N) is 2. The minimum atomic E-state index is 0.114. The average molecular weight is 313 g/mol. The minimum Gasteiger partial charge on any atom is -0.490 e. The van der Waals surface area contributed by atoms with Gasteiger partial charge < -0.3 is 10.1 Å². The van der Waals surface area contributed by atoms with E-state index in [1.807, 2.05) is 68.4 Å². The van der Waals surface area contributed by atoms with Gasteiger partial charge in [0.1, 0.15) is 5.75 Å². The molecule has 0 radical (unpaired) electrons. The Morgan fingerprint density at radius 3 is 2.50 bits per heavy atom. The third-order valence-electron chi connectivity index (χ3n) is 2.68. The molecule has 0 fully saturated rings. The third kappa shape index (κ3) is 5.18. The predicted molar refractivity (Wildman–Crippen MR) is 95.6 cm³/mol. The average Bonchev–Trinajstić information content (AvgIpc) is 2.49. The maximum atomic E-state index is 5.73. The standard InChI is InChI=1S/C17H19N3OS/c1-13(2)21-16-11-7-6-8-14(16)12-18-20-17(22)19-15-9-4-3-5-10-15/h3-13H,1-2H3,(H2,19,20,22)/b18-12-. The van der Waals surface area contributed by atoms with Crippen LogP contribution < -0.4 is 15.5 Å². The van der Waals surface area contributed by atoms with Gasteiger partial charge in [0.25, 0.3) is 0 Å². The van der Waals surface area contributed by atoms with Gasteiger partial charge in [-0.1, -0.05) is 30.3 Å². The monoisotopic (exact) mass is 313 g/mol. The highest BCUT2D eigenvalue weighted by molar-refractivity contribution is 7.80. The quantitative estimate of drug-likeness (QED) is 0.501. The Morgan fingerprint density at radius 2 is 1.77 bits per heavy atom. The number of hydrogen-bond donors (Lipinski definition) is 2. The number of ether oxygens (including phenoxy) is 1. The molecule has 4 nitrogen and oxygen atoms in total. The number of hydrogen-bond acceptors (Lipinski definition) is 3. The van der Waals surface area contributed by atoms with E-state index in [9.17, 15) is 0 Å². The summed E-state index contributed by atoms with van der Waals surface area (Å²) in [5, 5.41) is 7.63. The Balaban J connectivity index is 1.93. The normalized spacial score (nSPS) is 10.7. The van der Waals surface area contributed by atoms with Gasteiger partial charge in [-0.05, 0) is 50.3 Å². The Bertz CT molecular complexity index is 641. The van der Waals surface area contributed by atoms with Crippen LogP contribution in [0.1, 0.15) is 19.4 Å². The number of nitrogens with zero attached hydrogens (tertiary/aromatic N) is 1. The first kappa shape index (κ1) is 16.0. The molecule has 0 aliphatic rings. The van der Waals surface area contributed by atoms with E-state index in [2.05, 4.69) is 15.8 Å². The maximum Gasteiger partial charge on any atom is 0.191 e. The van der Waals surface area contributed by atoms with Crippen LogP contribution in [0.3, 0.4) is 0 Å². The number of thiocarbonyl (C=S) groups is 1. The number of hydrazone groups is 1. The van der Waals surface area contributed by atoms with Crippen LogP contribution in [0.15, 0.2) is 59.7 Å². The van der Waals surface area contributed by atoms with Crippen molar-refractivity contribution in [3.05, 3.63) is 60.2 Å². The van der Waals surface area contributed by atoms with Gasteiger partial charge in [-0.15, -0.1) is 0 Å². The largest absolute Gasteiger partial charge is 0.490 e. The molecule has 0 aromatic heterocycles. The molecule has 5 heteroatoms. The van der Waals surface area contributed by atoms with Crippen LogP contribution in [0.25, 0.3) is 0 Å². The summed E-state index contributed by atoms with van der Waals surface area (Å²) in [5.74, 6) is 0.796. The van der Waals surface area contributed by atoms with Crippen LogP contribution in [0.2, 0.25) is 0 Å². The van der Waals surface area contributed by atoms with Crippen molar-refractivity contribution in [2.75, 3.05) is 5.32 Å². The molecule has 2 N–H and O–H groups in total. The van der Waals surface area contributed by atoms with Gasteiger partial charge in [0.15, 0.2) is 5.11 Å². The Labute approximate surface area is 136 Å². The maximum absolute atomic E-state index is 5.73. The van der Waals surface area contributed by atoms with Gasteiger partial charge in [0.2, 0.25) is 0 Å². The molecule has 2 aromatic rings. The van der Waals surface area contributed by atoms with E-state index < -0.39 is 0 Å². The predicted octanol–water partition coefficient (Wildman–Crippen LogP) is 3.79. The van der Waals surface area contributed by atoms with Crippen molar-refractivity contribution >= 4 is 29.2 Å². The summed E-state index contributed by atoms with van der Waals surface area (Å²) >= 11 is 5.19. The van der Waals surface area contributed by atoms with Crippen LogP contribution >= 0.6 is 12.2 Å². The van der Waals surface area contributed by atoms with E-state index in [1.165, 1.54) is 0 Å². The van der Waals surface area contributed by atoms with Crippen molar-refractivity contribution < 1.29 is 4.74 Å². The van der Waals surface area contributed by atoms with E-state index in [0.29, 0.717) is 5.11 Å². The highest BCUT2D eigenvalue weighted by Gasteiger charge is 2.02. The zero-order valence-corrected chi connectivity index (χ0v) is 13.4. The van der Waals surface area contributed by atoms with E-state index in [1.54, 1.807) is 6.21 Å². The van der Waals surface area contributed by atoms with Crippen molar-refractivity contribution in [1.29, 1.82) is 0 Å². The van der Waals surface area contributed by atoms with Crippen molar-refractivity contribution in [1.82, 2.24) is 5.43 Å². The smallest absolute Gasteiger partial charge is 0.191 e. The van der Waals surface area contributed by atoms with E-state index >= 15 is 0 Å². The lowest BCUT2D eigenvalue weighted by molar-refractivity contribution is 0.242. The zero-order chi connectivity index (χ0) is 15.8. The van der Waals surface area contributed by atoms with E-state index in [0.717, 1.165) is 17.0 Å². The van der Waals surface area contributed by atoms with Gasteiger partial charge >= 0.3 is 0 Å². The summed E-state index contributed by atoms with van der Waals surface area (Å²) in [4.78, 5) is 0. The lowest BCUT2D eigenvalue weighted by Crippen LogP contribution is -2.23. The Kier molecular flexibility index (Phi) is 5.91. The molecule has 22 heavy (non-hydrogen) atoms. The first-order valence-electron chi connectivity index (χ1n) is 7.06. The topological polar surface area (TPSA) is 45.6 Å². The van der Waals surface area contributed by atoms with E-state index in [4.69, 9.17) is 17.0 Å². The van der Waals surface area contributed by atoms with Crippen molar-refractivity contribution in [3.63, 3.8) is 0 Å². The van der Waals surface area contributed by atoms with Gasteiger partial charge in [-0.2, -0.15) is 5.10 Å². The summed E-state index contributed by atoms with van der Waals surface area (Å²) in [6, 6.07) is 17.4. The summed E-state index contributed by atoms with van der Waals surface area (Å²) < 4.78 is 5.73. The summed E-state index contributed by atoms with van der Waals surface area (Å²) in [5.41, 5.74) is 4.60. The molecule has 2 rings (SSSR count). The molecule has 0 saturated heterocycles. The van der Waals surface area contributed by atoms with Gasteiger partial charge in [0, 0.05) is 11.3 Å². The van der Waals surface area contributed by atoms with Gasteiger partial charge in [-0.25, -0.2) is 0 Å². The second-order valence-electron chi connectivity index (χ2n) is 4.89. The van der Waals surface area contributed by atoms with Crippen LogP contribution in [0.4, 0.5) is 5.69 Å². The Morgan fingerprint density at radius 1 is 1.09 bits per heavy atom. The SMILES string of the molecule is CC(C)Oc1ccccc1/C=N\NC(=S)Nc1ccccc1. The molecular weight excluding hydrogens is 294 g/mol. The summed E-state index contributed by atoms with van der Waals surface area (Å²) in [7, 11) is 0. The molecule has 0 aliphatic carbocycles. The fourth-order valence-electron chi connectivity index (χ4n) is 1.79. The third-order valence-corrected chi connectivity index (χ3v) is 2.88. The van der Waals surface area contributed by atoms with Crippen LogP contribution in [-0.2, 0) is 0 Å². The molecule has 0 unspecified atom stereocenters. The number of benzene rings is 2. The first-order valence-corrected chi connectivity index (χ1v) is 7.47. The van der Waals surface area contributed by atoms with Crippen LogP contribution in [-0.4, -0.2) is 17.4 Å². The molecule has 114 valence electrons. The molecule has 0 aliphatic heterocycles. The van der Waals surface area contributed by atoms with Crippen LogP contribution in [0, 0.1) is 0 Å². The highest BCUT2D eigenvalue weighted by Crippen LogP contribution is 2.17. The zero-order valence-electron chi connectivity index (χ0n) is 12.6. The van der Waals surface area contributed by atoms with Crippen molar-refractivity contribution in [2.24, 2.45) is 5.10 Å². The molecule has 0 heterocycles. The fourth-order valence-corrected chi connectivity index (χ4v) is 1.96. The molecule has 0 atom stereocenters. The molecule has 0 amide bonds. The minimum absolute atomic E-state index is 0.114. The van der Waals surface area contributed by atoms with Gasteiger partial charge in [-0.3, -0.25) is 5.43 Å². The van der Waals surface area contributed by atoms with Crippen LogP contribution in [0.5, 0.6) is 5.75 Å². The van der Waals surface area contributed by atoms with Crippen molar-refractivity contribution in [3.8, 4) is 5.75 Å². The number of para-hydroxylation sites is 2. The number of rotatable bonds is 5. The lowest BCUT2D eigenvalue weighted by atomic mass is 10.2.